The fourth-order valence-corrected chi connectivity index (χ4v) is 2.66. The van der Waals surface area contributed by atoms with Gasteiger partial charge >= 0.3 is 0 Å². The zero-order valence-corrected chi connectivity index (χ0v) is 10.9. The molecule has 0 aromatic heterocycles. The van der Waals surface area contributed by atoms with E-state index in [2.05, 4.69) is 0 Å². The van der Waals surface area contributed by atoms with E-state index < -0.39 is 14.9 Å². The first kappa shape index (κ1) is 14.6. The maximum absolute atomic E-state index is 12.1. The maximum Gasteiger partial charge on any atom is 0.269 e. The van der Waals surface area contributed by atoms with Crippen LogP contribution in [0.4, 0.5) is 5.69 Å². The average Bonchev–Trinajstić information content (AvgIpc) is 2.36. The van der Waals surface area contributed by atoms with Gasteiger partial charge in [0.05, 0.1) is 9.82 Å². The molecule has 0 spiro atoms. The first-order chi connectivity index (χ1) is 8.30. The lowest BCUT2D eigenvalue weighted by Gasteiger charge is -2.22. The number of hydrogen-bond donors (Lipinski definition) is 1. The van der Waals surface area contributed by atoms with E-state index in [0.29, 0.717) is 0 Å². The highest BCUT2D eigenvalue weighted by atomic mass is 32.2. The van der Waals surface area contributed by atoms with Crippen LogP contribution in [0.25, 0.3) is 0 Å². The van der Waals surface area contributed by atoms with Crippen molar-refractivity contribution < 1.29 is 13.3 Å². The summed E-state index contributed by atoms with van der Waals surface area (Å²) in [5.74, 6) is 0. The summed E-state index contributed by atoms with van der Waals surface area (Å²) in [6, 6.07) is 4.41. The zero-order valence-electron chi connectivity index (χ0n) is 10.1. The number of nitro groups is 1. The van der Waals surface area contributed by atoms with Crippen molar-refractivity contribution in [2.45, 2.75) is 17.9 Å². The van der Waals surface area contributed by atoms with Gasteiger partial charge in [0.25, 0.3) is 5.69 Å². The summed E-state index contributed by atoms with van der Waals surface area (Å²) < 4.78 is 25.4. The lowest BCUT2D eigenvalue weighted by atomic mass is 10.3. The highest BCUT2D eigenvalue weighted by molar-refractivity contribution is 7.89. The molecule has 8 heteroatoms. The molecule has 0 saturated heterocycles. The number of likely N-dealkylation sites (N-methyl/N-ethyl adjacent to an activating group) is 1. The molecule has 1 aromatic carbocycles. The maximum atomic E-state index is 12.1. The number of nitrogens with two attached hydrogens (primary N) is 1. The van der Waals surface area contributed by atoms with E-state index in [1.165, 1.54) is 19.2 Å². The van der Waals surface area contributed by atoms with Crippen molar-refractivity contribution >= 4 is 15.7 Å². The standard InChI is InChI=1S/C10H15N3O4S/c1-8(7-11)12(2)18(16,17)10-5-3-9(4-6-10)13(14)15/h3-6,8H,7,11H2,1-2H3/t8-/m0/s1. The molecule has 1 rings (SSSR count). The van der Waals surface area contributed by atoms with Crippen LogP contribution >= 0.6 is 0 Å². The molecule has 0 aliphatic rings. The van der Waals surface area contributed by atoms with Crippen LogP contribution in [0.1, 0.15) is 6.92 Å². The van der Waals surface area contributed by atoms with Gasteiger partial charge in [0, 0.05) is 31.8 Å². The summed E-state index contributed by atoms with van der Waals surface area (Å²) >= 11 is 0. The average molecular weight is 273 g/mol. The van der Waals surface area contributed by atoms with Crippen LogP contribution in [0.2, 0.25) is 0 Å². The first-order valence-electron chi connectivity index (χ1n) is 5.23. The molecule has 18 heavy (non-hydrogen) atoms. The minimum absolute atomic E-state index is 0.0101. The van der Waals surface area contributed by atoms with Crippen LogP contribution < -0.4 is 5.73 Å². The fourth-order valence-electron chi connectivity index (χ4n) is 1.29. The van der Waals surface area contributed by atoms with Crippen molar-refractivity contribution in [2.75, 3.05) is 13.6 Å². The highest BCUT2D eigenvalue weighted by Gasteiger charge is 2.24. The molecular weight excluding hydrogens is 258 g/mol. The number of nitrogens with zero attached hydrogens (tertiary/aromatic N) is 2. The summed E-state index contributed by atoms with van der Waals surface area (Å²) in [4.78, 5) is 9.91. The third kappa shape index (κ3) is 2.84. The summed E-state index contributed by atoms with van der Waals surface area (Å²) in [7, 11) is -2.24. The fraction of sp³-hybridized carbons (Fsp3) is 0.400. The van der Waals surface area contributed by atoms with Crippen molar-refractivity contribution in [1.29, 1.82) is 0 Å². The molecule has 1 aromatic rings. The van der Waals surface area contributed by atoms with Crippen molar-refractivity contribution in [3.05, 3.63) is 34.4 Å². The van der Waals surface area contributed by atoms with Crippen molar-refractivity contribution in [3.8, 4) is 0 Å². The van der Waals surface area contributed by atoms with Gasteiger partial charge < -0.3 is 5.73 Å². The molecule has 1 atom stereocenters. The second-order valence-electron chi connectivity index (χ2n) is 3.86. The van der Waals surface area contributed by atoms with Gasteiger partial charge in [-0.15, -0.1) is 0 Å². The molecular formula is C10H15N3O4S. The normalized spacial score (nSPS) is 13.6. The Hall–Kier alpha value is -1.51. The van der Waals surface area contributed by atoms with Gasteiger partial charge in [-0.1, -0.05) is 0 Å². The van der Waals surface area contributed by atoms with E-state index in [1.807, 2.05) is 0 Å². The summed E-state index contributed by atoms with van der Waals surface area (Å²) in [6.07, 6.45) is 0. The number of benzene rings is 1. The van der Waals surface area contributed by atoms with E-state index in [-0.39, 0.29) is 23.2 Å². The molecule has 0 bridgehead atoms. The minimum Gasteiger partial charge on any atom is -0.329 e. The van der Waals surface area contributed by atoms with Gasteiger partial charge in [0.2, 0.25) is 10.0 Å². The smallest absolute Gasteiger partial charge is 0.269 e. The summed E-state index contributed by atoms with van der Waals surface area (Å²) in [5, 5.41) is 10.5. The molecule has 0 amide bonds. The van der Waals surface area contributed by atoms with Gasteiger partial charge in [-0.05, 0) is 19.1 Å². The van der Waals surface area contributed by atoms with Crippen LogP contribution in [0.5, 0.6) is 0 Å². The predicted molar refractivity (Wildman–Crippen MR) is 66.6 cm³/mol. The van der Waals surface area contributed by atoms with E-state index in [4.69, 9.17) is 5.73 Å². The van der Waals surface area contributed by atoms with E-state index in [0.717, 1.165) is 16.4 Å². The largest absolute Gasteiger partial charge is 0.329 e. The Kier molecular flexibility index (Phi) is 4.38. The van der Waals surface area contributed by atoms with Crippen LogP contribution in [-0.2, 0) is 10.0 Å². The topological polar surface area (TPSA) is 107 Å². The van der Waals surface area contributed by atoms with Crippen molar-refractivity contribution in [3.63, 3.8) is 0 Å². The Bertz CT molecular complexity index is 527. The number of hydrogen-bond acceptors (Lipinski definition) is 5. The van der Waals surface area contributed by atoms with Crippen molar-refractivity contribution in [1.82, 2.24) is 4.31 Å². The molecule has 0 aliphatic carbocycles. The lowest BCUT2D eigenvalue weighted by molar-refractivity contribution is -0.384. The van der Waals surface area contributed by atoms with Gasteiger partial charge in [-0.2, -0.15) is 4.31 Å². The molecule has 0 fully saturated rings. The Labute approximate surface area is 105 Å². The monoisotopic (exact) mass is 273 g/mol. The van der Waals surface area contributed by atoms with Crippen molar-refractivity contribution in [2.24, 2.45) is 5.73 Å². The summed E-state index contributed by atoms with van der Waals surface area (Å²) in [5.41, 5.74) is 5.27. The van der Waals surface area contributed by atoms with Crippen LogP contribution in [-0.4, -0.2) is 37.3 Å². The molecule has 100 valence electrons. The first-order valence-corrected chi connectivity index (χ1v) is 6.67. The minimum atomic E-state index is -3.66. The van der Waals surface area contributed by atoms with Gasteiger partial charge in [-0.25, -0.2) is 8.42 Å². The highest BCUT2D eigenvalue weighted by Crippen LogP contribution is 2.19. The van der Waals surface area contributed by atoms with Crippen LogP contribution in [0, 0.1) is 10.1 Å². The number of rotatable bonds is 5. The second kappa shape index (κ2) is 5.42. The van der Waals surface area contributed by atoms with Crippen LogP contribution in [0.3, 0.4) is 0 Å². The second-order valence-corrected chi connectivity index (χ2v) is 5.85. The Morgan fingerprint density at radius 1 is 1.39 bits per heavy atom. The third-order valence-electron chi connectivity index (χ3n) is 2.69. The van der Waals surface area contributed by atoms with Gasteiger partial charge in [0.15, 0.2) is 0 Å². The van der Waals surface area contributed by atoms with E-state index in [9.17, 15) is 18.5 Å². The molecule has 7 nitrogen and oxygen atoms in total. The lowest BCUT2D eigenvalue weighted by Crippen LogP contribution is -2.39. The van der Waals surface area contributed by atoms with Gasteiger partial charge in [-0.3, -0.25) is 10.1 Å². The van der Waals surface area contributed by atoms with E-state index >= 15 is 0 Å². The number of nitro benzene ring substituents is 1. The van der Waals surface area contributed by atoms with Crippen LogP contribution in [0.15, 0.2) is 29.2 Å². The SMILES string of the molecule is C[C@@H](CN)N(C)S(=O)(=O)c1ccc([N+](=O)[O-])cc1. The third-order valence-corrected chi connectivity index (χ3v) is 4.67. The van der Waals surface area contributed by atoms with Gasteiger partial charge in [0.1, 0.15) is 0 Å². The quantitative estimate of drug-likeness (QED) is 0.623. The Morgan fingerprint density at radius 3 is 2.28 bits per heavy atom. The molecule has 2 N–H and O–H groups in total. The Morgan fingerprint density at radius 2 is 1.89 bits per heavy atom. The molecule has 0 aliphatic heterocycles. The Balaban J connectivity index is 3.09. The molecule has 0 saturated carbocycles. The number of sulfonamides is 1. The summed E-state index contributed by atoms with van der Waals surface area (Å²) in [6.45, 7) is 1.88. The molecule has 0 heterocycles. The predicted octanol–water partition coefficient (Wildman–Crippen LogP) is 0.562. The molecule has 0 radical (unpaired) electrons. The molecule has 0 unspecified atom stereocenters. The van der Waals surface area contributed by atoms with E-state index in [1.54, 1.807) is 6.92 Å². The number of non-ortho nitro benzene ring substituents is 1. The zero-order chi connectivity index (χ0) is 13.9.